The number of hydrogen-bond acceptors (Lipinski definition) is 3. The van der Waals surface area contributed by atoms with Crippen molar-refractivity contribution in [3.8, 4) is 0 Å². The first kappa shape index (κ1) is 10.5. The van der Waals surface area contributed by atoms with Crippen molar-refractivity contribution in [2.75, 3.05) is 0 Å². The van der Waals surface area contributed by atoms with Gasteiger partial charge in [0, 0.05) is 6.92 Å². The average Bonchev–Trinajstić information content (AvgIpc) is 2.04. The highest BCUT2D eigenvalue weighted by atomic mass is 16.7. The molecule has 0 aromatic heterocycles. The maximum Gasteiger partial charge on any atom is 0.304 e. The fraction of sp³-hybridized carbons (Fsp3) is 0.900. The number of esters is 1. The second kappa shape index (κ2) is 5.22. The van der Waals surface area contributed by atoms with E-state index in [1.807, 2.05) is 0 Å². The first-order valence-electron chi connectivity index (χ1n) is 5.01. The van der Waals surface area contributed by atoms with Crippen LogP contribution in [0.15, 0.2) is 0 Å². The molecule has 1 rings (SSSR count). The van der Waals surface area contributed by atoms with Gasteiger partial charge in [0.05, 0.1) is 6.10 Å². The monoisotopic (exact) mass is 186 g/mol. The Morgan fingerprint density at radius 1 is 1.31 bits per heavy atom. The van der Waals surface area contributed by atoms with Crippen LogP contribution < -0.4 is 0 Å². The van der Waals surface area contributed by atoms with Crippen molar-refractivity contribution in [1.82, 2.24) is 0 Å². The normalized spacial score (nSPS) is 21.1. The minimum Gasteiger partial charge on any atom is -0.436 e. The van der Waals surface area contributed by atoms with Crippen LogP contribution in [-0.2, 0) is 14.3 Å². The van der Waals surface area contributed by atoms with E-state index in [0.717, 1.165) is 12.8 Å². The van der Waals surface area contributed by atoms with Gasteiger partial charge in [-0.3, -0.25) is 4.79 Å². The summed E-state index contributed by atoms with van der Waals surface area (Å²) in [5.41, 5.74) is 0. The highest BCUT2D eigenvalue weighted by molar-refractivity contribution is 5.65. The fourth-order valence-electron chi connectivity index (χ4n) is 1.73. The number of carbonyl (C=O) groups excluding carboxylic acids is 1. The molecule has 0 N–H and O–H groups in total. The summed E-state index contributed by atoms with van der Waals surface area (Å²) in [5, 5.41) is 0. The molecule has 3 heteroatoms. The molecule has 1 aliphatic rings. The molecule has 1 aliphatic carbocycles. The molecule has 0 spiro atoms. The molecule has 1 saturated carbocycles. The van der Waals surface area contributed by atoms with Crippen molar-refractivity contribution >= 4 is 5.97 Å². The highest BCUT2D eigenvalue weighted by Gasteiger charge is 2.17. The molecular formula is C10H18O3. The molecule has 0 aromatic rings. The maximum atomic E-state index is 10.6. The Kier molecular flexibility index (Phi) is 4.22. The van der Waals surface area contributed by atoms with Crippen LogP contribution in [-0.4, -0.2) is 18.4 Å². The Morgan fingerprint density at radius 2 is 1.92 bits per heavy atom. The third kappa shape index (κ3) is 4.27. The summed E-state index contributed by atoms with van der Waals surface area (Å²) in [5.74, 6) is -0.275. The summed E-state index contributed by atoms with van der Waals surface area (Å²) in [4.78, 5) is 10.6. The predicted molar refractivity (Wildman–Crippen MR) is 49.2 cm³/mol. The van der Waals surface area contributed by atoms with Gasteiger partial charge in [-0.05, 0) is 19.8 Å². The van der Waals surface area contributed by atoms with Gasteiger partial charge in [0.1, 0.15) is 0 Å². The average molecular weight is 186 g/mol. The molecule has 3 nitrogen and oxygen atoms in total. The molecule has 0 amide bonds. The van der Waals surface area contributed by atoms with Crippen LogP contribution in [0, 0.1) is 0 Å². The van der Waals surface area contributed by atoms with Crippen molar-refractivity contribution in [2.45, 2.75) is 58.3 Å². The van der Waals surface area contributed by atoms with Gasteiger partial charge in [0.25, 0.3) is 0 Å². The van der Waals surface area contributed by atoms with Gasteiger partial charge >= 0.3 is 5.97 Å². The molecule has 1 unspecified atom stereocenters. The van der Waals surface area contributed by atoms with Gasteiger partial charge in [0.15, 0.2) is 6.29 Å². The Labute approximate surface area is 79.4 Å². The van der Waals surface area contributed by atoms with Crippen molar-refractivity contribution in [3.63, 3.8) is 0 Å². The van der Waals surface area contributed by atoms with E-state index in [0.29, 0.717) is 6.10 Å². The molecule has 0 bridgehead atoms. The summed E-state index contributed by atoms with van der Waals surface area (Å²) in [6.07, 6.45) is 5.89. The zero-order valence-electron chi connectivity index (χ0n) is 8.41. The second-order valence-corrected chi connectivity index (χ2v) is 3.57. The lowest BCUT2D eigenvalue weighted by molar-refractivity contribution is -0.185. The lowest BCUT2D eigenvalue weighted by Gasteiger charge is -2.25. The third-order valence-electron chi connectivity index (χ3n) is 2.27. The van der Waals surface area contributed by atoms with Crippen molar-refractivity contribution in [3.05, 3.63) is 0 Å². The van der Waals surface area contributed by atoms with E-state index in [4.69, 9.17) is 9.47 Å². The van der Waals surface area contributed by atoms with Crippen LogP contribution >= 0.6 is 0 Å². The van der Waals surface area contributed by atoms with E-state index >= 15 is 0 Å². The molecule has 0 saturated heterocycles. The molecule has 1 atom stereocenters. The van der Waals surface area contributed by atoms with E-state index in [1.165, 1.54) is 26.2 Å². The molecule has 76 valence electrons. The van der Waals surface area contributed by atoms with Crippen molar-refractivity contribution in [1.29, 1.82) is 0 Å². The largest absolute Gasteiger partial charge is 0.436 e. The molecule has 0 aromatic carbocycles. The van der Waals surface area contributed by atoms with Gasteiger partial charge in [-0.25, -0.2) is 0 Å². The van der Waals surface area contributed by atoms with Crippen molar-refractivity contribution < 1.29 is 14.3 Å². The Balaban J connectivity index is 2.18. The van der Waals surface area contributed by atoms with Crippen LogP contribution in [0.2, 0.25) is 0 Å². The van der Waals surface area contributed by atoms with Gasteiger partial charge < -0.3 is 9.47 Å². The molecule has 1 fully saturated rings. The van der Waals surface area contributed by atoms with Crippen LogP contribution in [0.25, 0.3) is 0 Å². The van der Waals surface area contributed by atoms with Crippen molar-refractivity contribution in [2.24, 2.45) is 0 Å². The first-order valence-corrected chi connectivity index (χ1v) is 5.01. The van der Waals surface area contributed by atoms with Crippen LogP contribution in [0.3, 0.4) is 0 Å². The number of ether oxygens (including phenoxy) is 2. The quantitative estimate of drug-likeness (QED) is 0.501. The summed E-state index contributed by atoms with van der Waals surface area (Å²) in [7, 11) is 0. The number of carbonyl (C=O) groups is 1. The Bertz CT molecular complexity index is 162. The van der Waals surface area contributed by atoms with E-state index in [1.54, 1.807) is 6.92 Å². The van der Waals surface area contributed by atoms with Crippen LogP contribution in [0.4, 0.5) is 0 Å². The van der Waals surface area contributed by atoms with Gasteiger partial charge in [-0.2, -0.15) is 0 Å². The van der Waals surface area contributed by atoms with Gasteiger partial charge in [-0.15, -0.1) is 0 Å². The number of rotatable bonds is 3. The zero-order chi connectivity index (χ0) is 9.68. The third-order valence-corrected chi connectivity index (χ3v) is 2.27. The topological polar surface area (TPSA) is 35.5 Å². The van der Waals surface area contributed by atoms with E-state index < -0.39 is 0 Å². The molecule has 13 heavy (non-hydrogen) atoms. The minimum atomic E-state index is -0.388. The number of hydrogen-bond donors (Lipinski definition) is 0. The summed E-state index contributed by atoms with van der Waals surface area (Å²) < 4.78 is 10.5. The summed E-state index contributed by atoms with van der Waals surface area (Å²) >= 11 is 0. The molecule has 0 radical (unpaired) electrons. The lowest BCUT2D eigenvalue weighted by atomic mass is 9.98. The van der Waals surface area contributed by atoms with E-state index in [-0.39, 0.29) is 12.3 Å². The van der Waals surface area contributed by atoms with Gasteiger partial charge in [0.2, 0.25) is 0 Å². The van der Waals surface area contributed by atoms with E-state index in [2.05, 4.69) is 0 Å². The fourth-order valence-corrected chi connectivity index (χ4v) is 1.73. The molecule has 0 aliphatic heterocycles. The van der Waals surface area contributed by atoms with Crippen LogP contribution in [0.1, 0.15) is 46.0 Å². The SMILES string of the molecule is CC(=O)OC(C)OC1CCCCC1. The summed E-state index contributed by atoms with van der Waals surface area (Å²) in [6, 6.07) is 0. The summed E-state index contributed by atoms with van der Waals surface area (Å²) in [6.45, 7) is 3.18. The Hall–Kier alpha value is -0.570. The lowest BCUT2D eigenvalue weighted by Crippen LogP contribution is -2.25. The zero-order valence-corrected chi connectivity index (χ0v) is 8.41. The molecule has 0 heterocycles. The predicted octanol–water partition coefficient (Wildman–Crippen LogP) is 2.24. The maximum absolute atomic E-state index is 10.6. The minimum absolute atomic E-state index is 0.275. The smallest absolute Gasteiger partial charge is 0.304 e. The standard InChI is InChI=1S/C10H18O3/c1-8(11)12-9(2)13-10-6-4-3-5-7-10/h9-10H,3-7H2,1-2H3. The highest BCUT2D eigenvalue weighted by Crippen LogP contribution is 2.21. The second-order valence-electron chi connectivity index (χ2n) is 3.57. The van der Waals surface area contributed by atoms with Crippen LogP contribution in [0.5, 0.6) is 0 Å². The van der Waals surface area contributed by atoms with E-state index in [9.17, 15) is 4.79 Å². The Morgan fingerprint density at radius 3 is 2.46 bits per heavy atom. The molecular weight excluding hydrogens is 168 g/mol. The first-order chi connectivity index (χ1) is 6.18. The van der Waals surface area contributed by atoms with Gasteiger partial charge in [-0.1, -0.05) is 19.3 Å².